The lowest BCUT2D eigenvalue weighted by atomic mass is 10.2. The van der Waals surface area contributed by atoms with Crippen molar-refractivity contribution in [3.05, 3.63) is 88.4 Å². The molecule has 3 aromatic carbocycles. The molecule has 6 heteroatoms. The summed E-state index contributed by atoms with van der Waals surface area (Å²) in [7, 11) is 0. The van der Waals surface area contributed by atoms with Crippen LogP contribution in [0, 0.1) is 0 Å². The predicted molar refractivity (Wildman–Crippen MR) is 113 cm³/mol. The molecule has 0 spiro atoms. The lowest BCUT2D eigenvalue weighted by molar-refractivity contribution is 1.10. The molecule has 1 heterocycles. The molecule has 0 saturated carbocycles. The number of anilines is 3. The number of para-hydroxylation sites is 2. The maximum atomic E-state index is 6.26. The first kappa shape index (κ1) is 17.6. The SMILES string of the molecule is Clc1ccccc1CNc1nc(Nc2ccccc2Cl)nc2ccccc12. The Morgan fingerprint density at radius 2 is 1.44 bits per heavy atom. The summed E-state index contributed by atoms with van der Waals surface area (Å²) in [5, 5.41) is 8.84. The number of nitrogens with one attached hydrogen (secondary N) is 2. The van der Waals surface area contributed by atoms with Crippen LogP contribution in [0.4, 0.5) is 17.5 Å². The van der Waals surface area contributed by atoms with E-state index in [9.17, 15) is 0 Å². The average molecular weight is 395 g/mol. The second kappa shape index (κ2) is 7.82. The molecular weight excluding hydrogens is 379 g/mol. The number of hydrogen-bond acceptors (Lipinski definition) is 4. The number of aromatic nitrogens is 2. The number of halogens is 2. The maximum Gasteiger partial charge on any atom is 0.229 e. The molecule has 0 aliphatic heterocycles. The van der Waals surface area contributed by atoms with Crippen molar-refractivity contribution in [1.29, 1.82) is 0 Å². The zero-order valence-electron chi connectivity index (χ0n) is 14.3. The Bertz CT molecular complexity index is 1100. The first-order chi connectivity index (χ1) is 13.2. The topological polar surface area (TPSA) is 49.8 Å². The van der Waals surface area contributed by atoms with Crippen molar-refractivity contribution in [3.8, 4) is 0 Å². The Morgan fingerprint density at radius 1 is 0.741 bits per heavy atom. The van der Waals surface area contributed by atoms with Gasteiger partial charge in [0.05, 0.1) is 16.2 Å². The van der Waals surface area contributed by atoms with Crippen LogP contribution < -0.4 is 10.6 Å². The highest BCUT2D eigenvalue weighted by Gasteiger charge is 2.09. The van der Waals surface area contributed by atoms with E-state index in [0.717, 1.165) is 33.0 Å². The van der Waals surface area contributed by atoms with Gasteiger partial charge in [0.25, 0.3) is 0 Å². The Balaban J connectivity index is 1.68. The first-order valence-electron chi connectivity index (χ1n) is 8.46. The largest absolute Gasteiger partial charge is 0.365 e. The highest BCUT2D eigenvalue weighted by molar-refractivity contribution is 6.33. The minimum Gasteiger partial charge on any atom is -0.365 e. The van der Waals surface area contributed by atoms with E-state index < -0.39 is 0 Å². The van der Waals surface area contributed by atoms with Crippen LogP contribution in [0.3, 0.4) is 0 Å². The molecule has 0 aliphatic rings. The summed E-state index contributed by atoms with van der Waals surface area (Å²) in [5.41, 5.74) is 2.60. The molecule has 4 aromatic rings. The minimum atomic E-state index is 0.475. The molecule has 0 aliphatic carbocycles. The van der Waals surface area contributed by atoms with E-state index in [2.05, 4.69) is 20.6 Å². The molecule has 0 bridgehead atoms. The van der Waals surface area contributed by atoms with Gasteiger partial charge < -0.3 is 10.6 Å². The van der Waals surface area contributed by atoms with Crippen LogP contribution in [-0.4, -0.2) is 9.97 Å². The van der Waals surface area contributed by atoms with Gasteiger partial charge in [-0.3, -0.25) is 0 Å². The van der Waals surface area contributed by atoms with Crippen molar-refractivity contribution in [2.75, 3.05) is 10.6 Å². The number of benzene rings is 3. The summed E-state index contributed by atoms with van der Waals surface area (Å²) < 4.78 is 0. The van der Waals surface area contributed by atoms with Crippen molar-refractivity contribution in [2.45, 2.75) is 6.54 Å². The summed E-state index contributed by atoms with van der Waals surface area (Å²) in [5.74, 6) is 1.21. The fourth-order valence-electron chi connectivity index (χ4n) is 2.77. The van der Waals surface area contributed by atoms with Gasteiger partial charge in [0.1, 0.15) is 5.82 Å². The van der Waals surface area contributed by atoms with Crippen LogP contribution in [0.2, 0.25) is 10.0 Å². The van der Waals surface area contributed by atoms with E-state index in [-0.39, 0.29) is 0 Å². The molecule has 0 amide bonds. The molecule has 4 rings (SSSR count). The molecule has 1 aromatic heterocycles. The molecule has 2 N–H and O–H groups in total. The van der Waals surface area contributed by atoms with Crippen LogP contribution in [0.5, 0.6) is 0 Å². The van der Waals surface area contributed by atoms with Gasteiger partial charge >= 0.3 is 0 Å². The zero-order chi connectivity index (χ0) is 18.6. The maximum absolute atomic E-state index is 6.26. The minimum absolute atomic E-state index is 0.475. The second-order valence-electron chi connectivity index (χ2n) is 5.96. The molecule has 0 radical (unpaired) electrons. The number of fused-ring (bicyclic) bond motifs is 1. The molecule has 0 fully saturated rings. The normalized spacial score (nSPS) is 10.7. The summed E-state index contributed by atoms with van der Waals surface area (Å²) in [6, 6.07) is 23.1. The average Bonchev–Trinajstić information content (AvgIpc) is 2.69. The summed E-state index contributed by atoms with van der Waals surface area (Å²) in [6.07, 6.45) is 0. The van der Waals surface area contributed by atoms with Crippen LogP contribution in [-0.2, 0) is 6.54 Å². The lowest BCUT2D eigenvalue weighted by Crippen LogP contribution is -2.06. The van der Waals surface area contributed by atoms with Gasteiger partial charge in [0.2, 0.25) is 5.95 Å². The number of hydrogen-bond donors (Lipinski definition) is 2. The number of nitrogens with zero attached hydrogens (tertiary/aromatic N) is 2. The van der Waals surface area contributed by atoms with Gasteiger partial charge in [-0.05, 0) is 35.9 Å². The van der Waals surface area contributed by atoms with Crippen molar-refractivity contribution < 1.29 is 0 Å². The summed E-state index contributed by atoms with van der Waals surface area (Å²) in [4.78, 5) is 9.24. The fraction of sp³-hybridized carbons (Fsp3) is 0.0476. The summed E-state index contributed by atoms with van der Waals surface area (Å²) in [6.45, 7) is 0.562. The predicted octanol–water partition coefficient (Wildman–Crippen LogP) is 6.29. The first-order valence-corrected chi connectivity index (χ1v) is 9.22. The van der Waals surface area contributed by atoms with Crippen molar-refractivity contribution in [2.24, 2.45) is 0 Å². The standard InChI is InChI=1S/C21H16Cl2N4/c22-16-9-3-1-7-14(16)13-24-20-15-8-2-5-11-18(15)25-21(27-20)26-19-12-6-4-10-17(19)23/h1-12H,13H2,(H2,24,25,26,27). The zero-order valence-corrected chi connectivity index (χ0v) is 15.8. The lowest BCUT2D eigenvalue weighted by Gasteiger charge is -2.13. The smallest absolute Gasteiger partial charge is 0.229 e. The molecular formula is C21H16Cl2N4. The number of rotatable bonds is 5. The molecule has 134 valence electrons. The van der Waals surface area contributed by atoms with Gasteiger partial charge in [-0.1, -0.05) is 65.7 Å². The van der Waals surface area contributed by atoms with Gasteiger partial charge in [0, 0.05) is 17.0 Å². The van der Waals surface area contributed by atoms with Crippen molar-refractivity contribution in [1.82, 2.24) is 9.97 Å². The Kier molecular flexibility index (Phi) is 5.10. The van der Waals surface area contributed by atoms with E-state index in [1.54, 1.807) is 0 Å². The van der Waals surface area contributed by atoms with Gasteiger partial charge in [-0.25, -0.2) is 4.98 Å². The van der Waals surface area contributed by atoms with E-state index >= 15 is 0 Å². The highest BCUT2D eigenvalue weighted by atomic mass is 35.5. The van der Waals surface area contributed by atoms with Gasteiger partial charge in [-0.15, -0.1) is 0 Å². The molecule has 0 saturated heterocycles. The highest BCUT2D eigenvalue weighted by Crippen LogP contribution is 2.27. The second-order valence-corrected chi connectivity index (χ2v) is 6.78. The van der Waals surface area contributed by atoms with E-state index in [1.807, 2.05) is 72.8 Å². The van der Waals surface area contributed by atoms with E-state index in [1.165, 1.54) is 0 Å². The Morgan fingerprint density at radius 3 is 2.26 bits per heavy atom. The molecule has 0 atom stereocenters. The third-order valence-electron chi connectivity index (χ3n) is 4.13. The van der Waals surface area contributed by atoms with Crippen molar-refractivity contribution >= 4 is 51.6 Å². The Labute approximate surface area is 167 Å². The molecule has 27 heavy (non-hydrogen) atoms. The van der Waals surface area contributed by atoms with Crippen LogP contribution in [0.1, 0.15) is 5.56 Å². The van der Waals surface area contributed by atoms with Gasteiger partial charge in [0.15, 0.2) is 0 Å². The third-order valence-corrected chi connectivity index (χ3v) is 4.83. The summed E-state index contributed by atoms with van der Waals surface area (Å²) >= 11 is 12.5. The van der Waals surface area contributed by atoms with Crippen LogP contribution >= 0.6 is 23.2 Å². The quantitative estimate of drug-likeness (QED) is 0.417. The fourth-order valence-corrected chi connectivity index (χ4v) is 3.16. The van der Waals surface area contributed by atoms with E-state index in [0.29, 0.717) is 17.5 Å². The van der Waals surface area contributed by atoms with Crippen LogP contribution in [0.25, 0.3) is 10.9 Å². The van der Waals surface area contributed by atoms with Crippen molar-refractivity contribution in [3.63, 3.8) is 0 Å². The van der Waals surface area contributed by atoms with Crippen LogP contribution in [0.15, 0.2) is 72.8 Å². The molecule has 0 unspecified atom stereocenters. The molecule has 4 nitrogen and oxygen atoms in total. The third kappa shape index (κ3) is 3.97. The Hall–Kier alpha value is -2.82. The monoisotopic (exact) mass is 394 g/mol. The van der Waals surface area contributed by atoms with Gasteiger partial charge in [-0.2, -0.15) is 4.98 Å². The van der Waals surface area contributed by atoms with E-state index in [4.69, 9.17) is 23.2 Å².